The third-order valence-electron chi connectivity index (χ3n) is 6.63. The number of aromatic nitrogens is 3. The number of carbonyl (C=O) groups is 1. The number of nitrogens with zero attached hydrogens (tertiary/aromatic N) is 3. The fourth-order valence-corrected chi connectivity index (χ4v) is 5.27. The highest BCUT2D eigenvalue weighted by Gasteiger charge is 2.36. The third-order valence-corrected chi connectivity index (χ3v) is 6.63. The first kappa shape index (κ1) is 18.7. The second-order valence-corrected chi connectivity index (χ2v) is 8.40. The van der Waals surface area contributed by atoms with Gasteiger partial charge < -0.3 is 9.67 Å². The van der Waals surface area contributed by atoms with Crippen LogP contribution in [0.25, 0.3) is 21.9 Å². The maximum Gasteiger partial charge on any atom is 0.329 e. The lowest BCUT2D eigenvalue weighted by atomic mass is 10.0. The van der Waals surface area contributed by atoms with E-state index >= 15 is 0 Å². The minimum absolute atomic E-state index is 0.125. The van der Waals surface area contributed by atoms with Crippen LogP contribution in [-0.4, -0.2) is 24.8 Å². The lowest BCUT2D eigenvalue weighted by Gasteiger charge is -2.17. The highest BCUT2D eigenvalue weighted by Crippen LogP contribution is 2.37. The van der Waals surface area contributed by atoms with Gasteiger partial charge in [0.25, 0.3) is 0 Å². The van der Waals surface area contributed by atoms with Gasteiger partial charge in [-0.2, -0.15) is 0 Å². The minimum Gasteiger partial charge on any atom is -0.481 e. The van der Waals surface area contributed by atoms with Crippen LogP contribution in [-0.2, 0) is 18.4 Å². The Morgan fingerprint density at radius 2 is 1.80 bits per heavy atom. The molecule has 0 saturated heterocycles. The average Bonchev–Trinajstić information content (AvgIpc) is 3.39. The molecule has 1 saturated carbocycles. The Kier molecular flexibility index (Phi) is 4.31. The van der Waals surface area contributed by atoms with Crippen LogP contribution in [0.2, 0.25) is 0 Å². The number of benzene rings is 2. The van der Waals surface area contributed by atoms with Gasteiger partial charge in [0.1, 0.15) is 0 Å². The van der Waals surface area contributed by atoms with E-state index in [4.69, 9.17) is 0 Å². The molecule has 2 heterocycles. The minimum atomic E-state index is -0.814. The van der Waals surface area contributed by atoms with Crippen LogP contribution in [0.4, 0.5) is 0 Å². The topological polar surface area (TPSA) is 69.2 Å². The number of hydrogen-bond acceptors (Lipinski definition) is 2. The Morgan fingerprint density at radius 1 is 1.07 bits per heavy atom. The predicted octanol–water partition coefficient (Wildman–Crippen LogP) is 4.08. The number of carboxylic acid groups (broad SMARTS) is 1. The molecular formula is C24H25N3O3. The highest BCUT2D eigenvalue weighted by molar-refractivity contribution is 5.87. The van der Waals surface area contributed by atoms with E-state index in [2.05, 4.69) is 29.8 Å². The van der Waals surface area contributed by atoms with Gasteiger partial charge in [0.2, 0.25) is 0 Å². The zero-order valence-electron chi connectivity index (χ0n) is 17.2. The summed E-state index contributed by atoms with van der Waals surface area (Å²) in [6.07, 6.45) is 4.26. The van der Waals surface area contributed by atoms with Gasteiger partial charge in [0.05, 0.1) is 29.5 Å². The molecule has 0 spiro atoms. The predicted molar refractivity (Wildman–Crippen MR) is 117 cm³/mol. The van der Waals surface area contributed by atoms with Gasteiger partial charge in [-0.15, -0.1) is 0 Å². The first-order valence-corrected chi connectivity index (χ1v) is 10.4. The summed E-state index contributed by atoms with van der Waals surface area (Å²) < 4.78 is 5.63. The Bertz CT molecular complexity index is 1340. The molecule has 1 aliphatic carbocycles. The fraction of sp³-hybridized carbons (Fsp3) is 0.333. The molecule has 0 radical (unpaired) electrons. The Labute approximate surface area is 174 Å². The number of carboxylic acids is 1. The van der Waals surface area contributed by atoms with Crippen LogP contribution in [0.5, 0.6) is 0 Å². The van der Waals surface area contributed by atoms with E-state index in [1.165, 1.54) is 10.9 Å². The maximum atomic E-state index is 13.6. The number of rotatable bonds is 4. The van der Waals surface area contributed by atoms with Gasteiger partial charge >= 0.3 is 11.7 Å². The summed E-state index contributed by atoms with van der Waals surface area (Å²) in [6, 6.07) is 13.7. The van der Waals surface area contributed by atoms with Gasteiger partial charge in [-0.25, -0.2) is 4.79 Å². The smallest absolute Gasteiger partial charge is 0.329 e. The summed E-state index contributed by atoms with van der Waals surface area (Å²) in [7, 11) is 2.02. The lowest BCUT2D eigenvalue weighted by Crippen LogP contribution is -2.31. The molecule has 2 aromatic carbocycles. The molecule has 6 heteroatoms. The van der Waals surface area contributed by atoms with E-state index in [0.29, 0.717) is 13.0 Å². The first-order valence-electron chi connectivity index (χ1n) is 10.4. The summed E-state index contributed by atoms with van der Waals surface area (Å²) in [5.41, 5.74) is 4.96. The Balaban J connectivity index is 1.70. The second kappa shape index (κ2) is 6.90. The van der Waals surface area contributed by atoms with Gasteiger partial charge in [-0.1, -0.05) is 30.7 Å². The van der Waals surface area contributed by atoms with Gasteiger partial charge in [0, 0.05) is 24.1 Å². The van der Waals surface area contributed by atoms with Gasteiger partial charge in [0.15, 0.2) is 0 Å². The van der Waals surface area contributed by atoms with E-state index in [9.17, 15) is 14.7 Å². The number of imidazole rings is 1. The zero-order chi connectivity index (χ0) is 21.0. The summed E-state index contributed by atoms with van der Waals surface area (Å²) in [5, 5.41) is 10.9. The van der Waals surface area contributed by atoms with Crippen molar-refractivity contribution < 1.29 is 9.90 Å². The molecule has 0 aliphatic heterocycles. The maximum absolute atomic E-state index is 13.6. The largest absolute Gasteiger partial charge is 0.481 e. The molecule has 154 valence electrons. The summed E-state index contributed by atoms with van der Waals surface area (Å²) in [4.78, 5) is 25.4. The number of hydrogen-bond donors (Lipinski definition) is 1. The summed E-state index contributed by atoms with van der Waals surface area (Å²) in [5.74, 6) is -1.33. The molecule has 30 heavy (non-hydrogen) atoms. The molecule has 0 bridgehead atoms. The second-order valence-electron chi connectivity index (χ2n) is 8.40. The van der Waals surface area contributed by atoms with Crippen LogP contribution in [0.3, 0.4) is 0 Å². The summed E-state index contributed by atoms with van der Waals surface area (Å²) >= 11 is 0. The quantitative estimate of drug-likeness (QED) is 0.558. The van der Waals surface area contributed by atoms with Crippen molar-refractivity contribution in [1.29, 1.82) is 0 Å². The summed E-state index contributed by atoms with van der Waals surface area (Å²) in [6.45, 7) is 2.55. The van der Waals surface area contributed by atoms with Gasteiger partial charge in [-0.05, 0) is 49.1 Å². The van der Waals surface area contributed by atoms with Crippen molar-refractivity contribution in [2.75, 3.05) is 0 Å². The number of para-hydroxylation sites is 2. The van der Waals surface area contributed by atoms with Crippen molar-refractivity contribution in [1.82, 2.24) is 13.7 Å². The number of fused-ring (bicyclic) bond motifs is 2. The van der Waals surface area contributed by atoms with Gasteiger partial charge in [-0.3, -0.25) is 13.9 Å². The molecule has 1 N–H and O–H groups in total. The average molecular weight is 403 g/mol. The van der Waals surface area contributed by atoms with E-state index in [1.54, 1.807) is 9.13 Å². The first-order chi connectivity index (χ1) is 14.5. The molecule has 2 unspecified atom stereocenters. The molecule has 0 amide bonds. The molecule has 1 aliphatic rings. The van der Waals surface area contributed by atoms with Crippen LogP contribution in [0, 0.1) is 12.8 Å². The Hall–Kier alpha value is -3.28. The van der Waals surface area contributed by atoms with Crippen LogP contribution >= 0.6 is 0 Å². The fourth-order valence-electron chi connectivity index (χ4n) is 5.27. The van der Waals surface area contributed by atoms with Crippen LogP contribution in [0.15, 0.2) is 53.5 Å². The highest BCUT2D eigenvalue weighted by atomic mass is 16.4. The van der Waals surface area contributed by atoms with Crippen LogP contribution in [0.1, 0.15) is 36.4 Å². The Morgan fingerprint density at radius 3 is 2.57 bits per heavy atom. The van der Waals surface area contributed by atoms with Crippen molar-refractivity contribution in [2.45, 2.75) is 38.8 Å². The number of aryl methyl sites for hydroxylation is 2. The van der Waals surface area contributed by atoms with E-state index in [0.717, 1.165) is 35.0 Å². The molecule has 1 fully saturated rings. The normalized spacial score (nSPS) is 19.1. The third kappa shape index (κ3) is 2.70. The molecule has 6 nitrogen and oxygen atoms in total. The van der Waals surface area contributed by atoms with Crippen molar-refractivity contribution in [3.8, 4) is 0 Å². The number of aliphatic carboxylic acids is 1. The van der Waals surface area contributed by atoms with Crippen molar-refractivity contribution in [2.24, 2.45) is 13.0 Å². The van der Waals surface area contributed by atoms with Crippen molar-refractivity contribution in [3.05, 3.63) is 70.3 Å². The lowest BCUT2D eigenvalue weighted by molar-refractivity contribution is -0.142. The molecular weight excluding hydrogens is 378 g/mol. The molecule has 4 aromatic rings. The van der Waals surface area contributed by atoms with E-state index in [1.807, 2.05) is 37.4 Å². The van der Waals surface area contributed by atoms with Crippen LogP contribution < -0.4 is 5.69 Å². The standard InChI is InChI=1S/C24H25N3O3/c1-15-7-5-12-21-22(15)16(13-25(21)2)14-26-19-9-3-4-10-20(19)27(24(26)30)18-11-6-8-17(18)23(28)29/h3-5,7,9-10,12-13,17-18H,6,8,11,14H2,1-2H3,(H,28,29). The van der Waals surface area contributed by atoms with Crippen molar-refractivity contribution in [3.63, 3.8) is 0 Å². The van der Waals surface area contributed by atoms with Crippen molar-refractivity contribution >= 4 is 27.9 Å². The molecule has 2 atom stereocenters. The monoisotopic (exact) mass is 403 g/mol. The van der Waals surface area contributed by atoms with E-state index in [-0.39, 0.29) is 11.7 Å². The molecule has 5 rings (SSSR count). The van der Waals surface area contributed by atoms with E-state index < -0.39 is 11.9 Å². The molecule has 2 aromatic heterocycles. The zero-order valence-corrected chi connectivity index (χ0v) is 17.2. The SMILES string of the molecule is Cc1cccc2c1c(Cn1c(=O)n(C3CCCC3C(=O)O)c3ccccc31)cn2C.